The fraction of sp³-hybridized carbons (Fsp3) is 0.658. The summed E-state index contributed by atoms with van der Waals surface area (Å²) < 4.78 is 26.6. The van der Waals surface area contributed by atoms with Crippen LogP contribution in [-0.4, -0.2) is 147 Å². The molecule has 0 bridgehead atoms. The smallest absolute Gasteiger partial charge is 0.358 e. The number of unbranched alkanes of at least 4 members (excludes halogenated alkanes) is 6. The highest BCUT2D eigenvalue weighted by Crippen LogP contribution is 2.17. The fourth-order valence-electron chi connectivity index (χ4n) is 5.27. The lowest BCUT2D eigenvalue weighted by Gasteiger charge is -2.18. The molecule has 1 aliphatic heterocycles. The molecule has 1 aromatic rings. The van der Waals surface area contributed by atoms with Crippen molar-refractivity contribution in [3.05, 3.63) is 29.8 Å². The van der Waals surface area contributed by atoms with Crippen LogP contribution in [0.2, 0.25) is 0 Å². The molecule has 0 saturated carbocycles. The third kappa shape index (κ3) is 23.4. The molecule has 20 heteroatoms. The Morgan fingerprint density at radius 2 is 1.28 bits per heavy atom. The summed E-state index contributed by atoms with van der Waals surface area (Å²) in [5.74, 6) is -3.99. The van der Waals surface area contributed by atoms with Gasteiger partial charge in [-0.1, -0.05) is 32.1 Å². The number of hydrogen-bond acceptors (Lipinski definition) is 14. The lowest BCUT2D eigenvalue weighted by molar-refractivity contribution is -0.223. The average molecular weight is 827 g/mol. The van der Waals surface area contributed by atoms with Gasteiger partial charge in [-0.2, -0.15) is 0 Å². The van der Waals surface area contributed by atoms with Gasteiger partial charge in [-0.15, -0.1) is 5.06 Å². The van der Waals surface area contributed by atoms with Gasteiger partial charge >= 0.3 is 17.9 Å². The van der Waals surface area contributed by atoms with Gasteiger partial charge < -0.3 is 59.8 Å². The summed E-state index contributed by atoms with van der Waals surface area (Å²) in [6, 6.07) is 5.10. The number of aromatic carboxylic acids is 1. The Balaban J connectivity index is 1.35. The summed E-state index contributed by atoms with van der Waals surface area (Å²) in [4.78, 5) is 86.7. The summed E-state index contributed by atoms with van der Waals surface area (Å²) in [5, 5.41) is 36.3. The third-order valence-electron chi connectivity index (χ3n) is 8.38. The second-order valence-corrected chi connectivity index (χ2v) is 13.1. The zero-order valence-electron chi connectivity index (χ0n) is 32.8. The first-order valence-corrected chi connectivity index (χ1v) is 19.5. The summed E-state index contributed by atoms with van der Waals surface area (Å²) in [6.45, 7) is 1.20. The molecule has 0 aromatic heterocycles. The first-order valence-electron chi connectivity index (χ1n) is 19.5. The van der Waals surface area contributed by atoms with Gasteiger partial charge in [0.05, 0.1) is 51.8 Å². The number of ether oxygens (including phenoxy) is 5. The third-order valence-corrected chi connectivity index (χ3v) is 8.38. The van der Waals surface area contributed by atoms with E-state index >= 15 is 0 Å². The Labute approximate surface area is 337 Å². The van der Waals surface area contributed by atoms with Gasteiger partial charge in [-0.25, -0.2) is 14.4 Å². The fourth-order valence-corrected chi connectivity index (χ4v) is 5.27. The number of carboxylic acid groups (broad SMARTS) is 2. The van der Waals surface area contributed by atoms with Gasteiger partial charge in [0.1, 0.15) is 25.0 Å². The van der Waals surface area contributed by atoms with Crippen molar-refractivity contribution in [2.45, 2.75) is 89.3 Å². The van der Waals surface area contributed by atoms with Gasteiger partial charge in [0.2, 0.25) is 17.7 Å². The Morgan fingerprint density at radius 3 is 1.88 bits per heavy atom. The van der Waals surface area contributed by atoms with Crippen molar-refractivity contribution < 1.29 is 77.4 Å². The van der Waals surface area contributed by atoms with Crippen molar-refractivity contribution >= 4 is 41.5 Å². The van der Waals surface area contributed by atoms with Crippen molar-refractivity contribution in [2.75, 3.05) is 72.6 Å². The van der Waals surface area contributed by atoms with Crippen LogP contribution in [0.4, 0.5) is 0 Å². The maximum atomic E-state index is 12.3. The molecule has 326 valence electrons. The maximum absolute atomic E-state index is 12.3. The zero-order chi connectivity index (χ0) is 42.4. The van der Waals surface area contributed by atoms with E-state index in [0.29, 0.717) is 23.8 Å². The van der Waals surface area contributed by atoms with Crippen LogP contribution in [0.15, 0.2) is 24.3 Å². The van der Waals surface area contributed by atoms with Gasteiger partial charge in [0, 0.05) is 38.8 Å². The SMILES string of the molecule is O=C(CCC(NC(=O)CCCCCCCCCOc1ccc(C(=O)O)cc1)C(=O)O)NCCOCCOCC(=O)NCCOCCOCC(=O)ON1C(=O)CCC1O. The van der Waals surface area contributed by atoms with Crippen molar-refractivity contribution in [1.29, 1.82) is 0 Å². The number of carbonyl (C=O) groups is 7. The number of nitrogens with one attached hydrogen (secondary N) is 3. The van der Waals surface area contributed by atoms with Crippen LogP contribution in [0.25, 0.3) is 0 Å². The van der Waals surface area contributed by atoms with E-state index in [1.807, 2.05) is 0 Å². The number of hydroxylamine groups is 2. The highest BCUT2D eigenvalue weighted by molar-refractivity contribution is 5.87. The van der Waals surface area contributed by atoms with Crippen molar-refractivity contribution in [3.8, 4) is 5.75 Å². The minimum Gasteiger partial charge on any atom is -0.494 e. The van der Waals surface area contributed by atoms with E-state index in [1.54, 1.807) is 12.1 Å². The lowest BCUT2D eigenvalue weighted by Crippen LogP contribution is -2.41. The van der Waals surface area contributed by atoms with E-state index < -0.39 is 42.7 Å². The summed E-state index contributed by atoms with van der Waals surface area (Å²) in [6.07, 6.45) is 5.47. The number of hydrogen-bond donors (Lipinski definition) is 6. The topological polar surface area (TPSA) is 275 Å². The van der Waals surface area contributed by atoms with E-state index in [9.17, 15) is 43.8 Å². The summed E-state index contributed by atoms with van der Waals surface area (Å²) in [5.41, 5.74) is 0.211. The first kappa shape index (κ1) is 49.3. The number of benzene rings is 1. The predicted octanol–water partition coefficient (Wildman–Crippen LogP) is 0.932. The van der Waals surface area contributed by atoms with Crippen LogP contribution in [0.1, 0.15) is 87.4 Å². The zero-order valence-corrected chi connectivity index (χ0v) is 32.8. The van der Waals surface area contributed by atoms with Crippen molar-refractivity contribution in [3.63, 3.8) is 0 Å². The second kappa shape index (κ2) is 30.2. The monoisotopic (exact) mass is 826 g/mol. The molecular formula is C38H58N4O16. The van der Waals surface area contributed by atoms with Gasteiger partial charge in [0.15, 0.2) is 6.23 Å². The van der Waals surface area contributed by atoms with Gasteiger partial charge in [-0.3, -0.25) is 19.2 Å². The quantitative estimate of drug-likeness (QED) is 0.0528. The number of carbonyl (C=O) groups excluding carboxylic acids is 5. The van der Waals surface area contributed by atoms with Crippen LogP contribution in [0, 0.1) is 0 Å². The summed E-state index contributed by atoms with van der Waals surface area (Å²) in [7, 11) is 0. The van der Waals surface area contributed by atoms with Crippen molar-refractivity contribution in [1.82, 2.24) is 21.0 Å². The molecule has 1 aromatic carbocycles. The standard InChI is InChI=1S/C38H58N4O16/c43-31(14-13-30(38(51)52)41-32(44)8-6-4-2-1-3-5-7-19-57-29-11-9-28(10-12-29)37(49)50)39-17-20-53-22-24-55-26-33(45)40-18-21-54-23-25-56-27-36(48)58-42-34(46)15-16-35(42)47/h9-12,30,34,46H,1-8,13-27H2,(H,39,43)(H,40,45)(H,41,44)(H,49,50)(H,51,52). The van der Waals surface area contributed by atoms with Crippen LogP contribution in [0.3, 0.4) is 0 Å². The number of aliphatic carboxylic acids is 1. The Morgan fingerprint density at radius 1 is 0.690 bits per heavy atom. The normalized spacial score (nSPS) is 14.1. The number of aliphatic hydroxyl groups is 1. The molecule has 1 aliphatic rings. The molecule has 2 rings (SSSR count). The molecule has 2 atom stereocenters. The summed E-state index contributed by atoms with van der Waals surface area (Å²) >= 11 is 0. The molecule has 58 heavy (non-hydrogen) atoms. The molecule has 1 saturated heterocycles. The largest absolute Gasteiger partial charge is 0.494 e. The Kier molecular flexibility index (Phi) is 25.7. The van der Waals surface area contributed by atoms with E-state index in [-0.39, 0.29) is 115 Å². The highest BCUT2D eigenvalue weighted by Gasteiger charge is 2.33. The van der Waals surface area contributed by atoms with E-state index in [4.69, 9.17) is 33.6 Å². The molecule has 0 radical (unpaired) electrons. The molecule has 20 nitrogen and oxygen atoms in total. The Hall–Kier alpha value is -4.89. The Bertz CT molecular complexity index is 1410. The molecule has 0 aliphatic carbocycles. The number of aliphatic hydroxyl groups excluding tert-OH is 1. The predicted molar refractivity (Wildman–Crippen MR) is 202 cm³/mol. The average Bonchev–Trinajstić information content (AvgIpc) is 3.51. The first-order chi connectivity index (χ1) is 28.0. The lowest BCUT2D eigenvalue weighted by atomic mass is 10.1. The van der Waals surface area contributed by atoms with Crippen LogP contribution < -0.4 is 20.7 Å². The van der Waals surface area contributed by atoms with Crippen LogP contribution >= 0.6 is 0 Å². The van der Waals surface area contributed by atoms with E-state index in [1.165, 1.54) is 12.1 Å². The number of carboxylic acids is 2. The molecule has 1 heterocycles. The number of rotatable bonds is 34. The van der Waals surface area contributed by atoms with Crippen molar-refractivity contribution in [2.24, 2.45) is 0 Å². The molecule has 0 spiro atoms. The maximum Gasteiger partial charge on any atom is 0.358 e. The highest BCUT2D eigenvalue weighted by atomic mass is 16.7. The van der Waals surface area contributed by atoms with Crippen LogP contribution in [-0.2, 0) is 52.6 Å². The second-order valence-electron chi connectivity index (χ2n) is 13.1. The van der Waals surface area contributed by atoms with Crippen LogP contribution in [0.5, 0.6) is 5.75 Å². The molecule has 2 unspecified atom stereocenters. The minimum atomic E-state index is -1.21. The van der Waals surface area contributed by atoms with Gasteiger partial charge in [-0.05, 0) is 43.5 Å². The minimum absolute atomic E-state index is 0.0590. The molecule has 1 fully saturated rings. The number of amides is 4. The molecule has 4 amide bonds. The number of nitrogens with zero attached hydrogens (tertiary/aromatic N) is 1. The molecule has 6 N–H and O–H groups in total. The van der Waals surface area contributed by atoms with E-state index in [2.05, 4.69) is 16.0 Å². The molecular weight excluding hydrogens is 768 g/mol. The van der Waals surface area contributed by atoms with E-state index in [0.717, 1.165) is 38.5 Å². The van der Waals surface area contributed by atoms with Gasteiger partial charge in [0.25, 0.3) is 5.91 Å².